The van der Waals surface area contributed by atoms with Crippen molar-refractivity contribution in [2.24, 2.45) is 5.73 Å². The fraction of sp³-hybridized carbons (Fsp3) is 0.438. The van der Waals surface area contributed by atoms with Crippen molar-refractivity contribution in [1.29, 1.82) is 0 Å². The number of nitrogens with two attached hydrogens (primary N) is 1. The average Bonchev–Trinajstić information content (AvgIpc) is 2.54. The van der Waals surface area contributed by atoms with Gasteiger partial charge in [-0.25, -0.2) is 0 Å². The Bertz CT molecular complexity index is 609. The van der Waals surface area contributed by atoms with Gasteiger partial charge in [0.1, 0.15) is 5.75 Å². The lowest BCUT2D eigenvalue weighted by atomic mass is 10.0. The summed E-state index contributed by atoms with van der Waals surface area (Å²) >= 11 is 0. The lowest BCUT2D eigenvalue weighted by Crippen LogP contribution is -2.41. The number of pyridine rings is 1. The monoisotopic (exact) mass is 288 g/mol. The van der Waals surface area contributed by atoms with Crippen LogP contribution in [0.5, 0.6) is 5.75 Å². The van der Waals surface area contributed by atoms with Crippen LogP contribution in [0.2, 0.25) is 0 Å². The van der Waals surface area contributed by atoms with Crippen molar-refractivity contribution in [3.63, 3.8) is 0 Å². The van der Waals surface area contributed by atoms with Crippen molar-refractivity contribution in [2.45, 2.75) is 25.2 Å². The predicted octanol–water partition coefficient (Wildman–Crippen LogP) is 1.88. The Balaban J connectivity index is 1.74. The molecule has 2 N–H and O–H groups in total. The van der Waals surface area contributed by atoms with Crippen LogP contribution in [-0.4, -0.2) is 37.6 Å². The highest BCUT2D eigenvalue weighted by Gasteiger charge is 2.19. The first kappa shape index (κ1) is 14.3. The average molecular weight is 288 g/mol. The van der Waals surface area contributed by atoms with Gasteiger partial charge in [-0.1, -0.05) is 0 Å². The van der Waals surface area contributed by atoms with E-state index in [1.165, 1.54) is 5.56 Å². The molecule has 21 heavy (non-hydrogen) atoms. The molecule has 0 saturated carbocycles. The first-order valence-corrected chi connectivity index (χ1v) is 7.16. The van der Waals surface area contributed by atoms with Crippen molar-refractivity contribution in [2.75, 3.05) is 20.3 Å². The van der Waals surface area contributed by atoms with E-state index in [1.807, 2.05) is 30.5 Å². The van der Waals surface area contributed by atoms with E-state index >= 15 is 0 Å². The lowest BCUT2D eigenvalue weighted by molar-refractivity contribution is -0.187. The number of rotatable bonds is 4. The van der Waals surface area contributed by atoms with Crippen LogP contribution >= 0.6 is 0 Å². The molecule has 5 heteroatoms. The number of ether oxygens (including phenoxy) is 3. The van der Waals surface area contributed by atoms with E-state index in [0.717, 1.165) is 29.5 Å². The molecule has 1 aliphatic heterocycles. The number of aromatic nitrogens is 1. The van der Waals surface area contributed by atoms with Crippen molar-refractivity contribution >= 4 is 10.9 Å². The van der Waals surface area contributed by atoms with E-state index in [2.05, 4.69) is 4.98 Å². The second-order valence-electron chi connectivity index (χ2n) is 5.25. The van der Waals surface area contributed by atoms with Crippen molar-refractivity contribution in [1.82, 2.24) is 4.98 Å². The number of hydrogen-bond acceptors (Lipinski definition) is 5. The van der Waals surface area contributed by atoms with Crippen LogP contribution in [0.15, 0.2) is 30.5 Å². The number of fused-ring (bicyclic) bond motifs is 1. The van der Waals surface area contributed by atoms with E-state index in [4.69, 9.17) is 19.9 Å². The van der Waals surface area contributed by atoms with E-state index in [1.54, 1.807) is 7.11 Å². The van der Waals surface area contributed by atoms with E-state index in [-0.39, 0.29) is 12.3 Å². The Morgan fingerprint density at radius 2 is 2.10 bits per heavy atom. The van der Waals surface area contributed by atoms with Gasteiger partial charge in [-0.2, -0.15) is 0 Å². The minimum Gasteiger partial charge on any atom is -0.497 e. The largest absolute Gasteiger partial charge is 0.497 e. The number of methoxy groups -OCH3 is 1. The summed E-state index contributed by atoms with van der Waals surface area (Å²) in [5, 5.41) is 1.12. The van der Waals surface area contributed by atoms with Gasteiger partial charge >= 0.3 is 0 Å². The summed E-state index contributed by atoms with van der Waals surface area (Å²) in [6.07, 6.45) is 3.34. The summed E-state index contributed by atoms with van der Waals surface area (Å²) in [7, 11) is 1.67. The molecule has 112 valence electrons. The maximum Gasteiger partial charge on any atom is 0.158 e. The third kappa shape index (κ3) is 3.32. The minimum atomic E-state index is -0.168. The molecule has 1 fully saturated rings. The Kier molecular flexibility index (Phi) is 4.34. The Labute approximate surface area is 124 Å². The standard InChI is InChI=1S/C16H20N2O3/c1-19-13-3-4-15-14(8-13)11(6-7-18-15)2-5-16-20-9-12(17)10-21-16/h3-4,6-8,12,16H,2,5,9-10,17H2,1H3/t12-,16-. The maximum absolute atomic E-state index is 5.74. The van der Waals surface area contributed by atoms with E-state index < -0.39 is 0 Å². The van der Waals surface area contributed by atoms with Gasteiger partial charge in [0.25, 0.3) is 0 Å². The Hall–Kier alpha value is -1.69. The summed E-state index contributed by atoms with van der Waals surface area (Å²) in [4.78, 5) is 4.39. The fourth-order valence-corrected chi connectivity index (χ4v) is 2.53. The van der Waals surface area contributed by atoms with Crippen LogP contribution in [0.25, 0.3) is 10.9 Å². The van der Waals surface area contributed by atoms with Crippen LogP contribution in [0.4, 0.5) is 0 Å². The van der Waals surface area contributed by atoms with Gasteiger partial charge in [0.2, 0.25) is 0 Å². The molecule has 0 aliphatic carbocycles. The molecule has 0 unspecified atom stereocenters. The number of benzene rings is 1. The van der Waals surface area contributed by atoms with Crippen molar-refractivity contribution < 1.29 is 14.2 Å². The van der Waals surface area contributed by atoms with Gasteiger partial charge in [-0.15, -0.1) is 0 Å². The number of nitrogens with zero attached hydrogens (tertiary/aromatic N) is 1. The molecule has 2 heterocycles. The smallest absolute Gasteiger partial charge is 0.158 e. The maximum atomic E-state index is 5.74. The molecule has 0 bridgehead atoms. The zero-order valence-electron chi connectivity index (χ0n) is 12.1. The topological polar surface area (TPSA) is 66.6 Å². The van der Waals surface area contributed by atoms with Crippen LogP contribution in [0.1, 0.15) is 12.0 Å². The first-order valence-electron chi connectivity index (χ1n) is 7.16. The highest BCUT2D eigenvalue weighted by atomic mass is 16.7. The third-order valence-corrected chi connectivity index (χ3v) is 3.68. The number of hydrogen-bond donors (Lipinski definition) is 1. The van der Waals surface area contributed by atoms with Gasteiger partial charge in [0, 0.05) is 18.0 Å². The molecule has 0 spiro atoms. The quantitative estimate of drug-likeness (QED) is 0.930. The first-order chi connectivity index (χ1) is 10.3. The van der Waals surface area contributed by atoms with Crippen LogP contribution in [-0.2, 0) is 15.9 Å². The molecule has 5 nitrogen and oxygen atoms in total. The Morgan fingerprint density at radius 1 is 1.29 bits per heavy atom. The number of aryl methyl sites for hydroxylation is 1. The molecule has 2 aromatic rings. The lowest BCUT2D eigenvalue weighted by Gasteiger charge is -2.27. The normalized spacial score (nSPS) is 22.4. The highest BCUT2D eigenvalue weighted by Crippen LogP contribution is 2.24. The van der Waals surface area contributed by atoms with Gasteiger partial charge in [0.15, 0.2) is 6.29 Å². The van der Waals surface area contributed by atoms with Crippen LogP contribution in [0.3, 0.4) is 0 Å². The van der Waals surface area contributed by atoms with E-state index in [0.29, 0.717) is 13.2 Å². The minimum absolute atomic E-state index is 0.00716. The van der Waals surface area contributed by atoms with Crippen molar-refractivity contribution in [3.8, 4) is 5.75 Å². The Morgan fingerprint density at radius 3 is 2.86 bits per heavy atom. The van der Waals surface area contributed by atoms with Crippen LogP contribution in [0, 0.1) is 0 Å². The zero-order valence-corrected chi connectivity index (χ0v) is 12.1. The molecular weight excluding hydrogens is 268 g/mol. The van der Waals surface area contributed by atoms with Crippen LogP contribution < -0.4 is 10.5 Å². The molecule has 1 aromatic carbocycles. The zero-order chi connectivity index (χ0) is 14.7. The van der Waals surface area contributed by atoms with Gasteiger partial charge < -0.3 is 19.9 Å². The van der Waals surface area contributed by atoms with Crippen molar-refractivity contribution in [3.05, 3.63) is 36.0 Å². The van der Waals surface area contributed by atoms with Gasteiger partial charge in [-0.05, 0) is 36.2 Å². The summed E-state index contributed by atoms with van der Waals surface area (Å²) < 4.78 is 16.5. The second-order valence-corrected chi connectivity index (χ2v) is 5.25. The molecule has 1 saturated heterocycles. The molecule has 1 aliphatic rings. The molecule has 0 amide bonds. The third-order valence-electron chi connectivity index (χ3n) is 3.68. The molecule has 3 rings (SSSR count). The summed E-state index contributed by atoms with van der Waals surface area (Å²) in [5.74, 6) is 0.841. The SMILES string of the molecule is COc1ccc2nccc(CC[C@H]3OC[C@H](N)CO3)c2c1. The molecule has 0 radical (unpaired) electrons. The summed E-state index contributed by atoms with van der Waals surface area (Å²) in [5.41, 5.74) is 7.93. The predicted molar refractivity (Wildman–Crippen MR) is 80.3 cm³/mol. The van der Waals surface area contributed by atoms with Gasteiger partial charge in [-0.3, -0.25) is 4.98 Å². The highest BCUT2D eigenvalue weighted by molar-refractivity contribution is 5.83. The molecule has 1 aromatic heterocycles. The summed E-state index contributed by atoms with van der Waals surface area (Å²) in [6.45, 7) is 1.13. The second kappa shape index (κ2) is 6.39. The fourth-order valence-electron chi connectivity index (χ4n) is 2.53. The molecular formula is C16H20N2O3. The van der Waals surface area contributed by atoms with Gasteiger partial charge in [0.05, 0.1) is 31.9 Å². The molecule has 0 atom stereocenters. The summed E-state index contributed by atoms with van der Waals surface area (Å²) in [6, 6.07) is 7.96. The van der Waals surface area contributed by atoms with E-state index in [9.17, 15) is 0 Å².